The third-order valence-electron chi connectivity index (χ3n) is 5.65. The second kappa shape index (κ2) is 9.85. The molecule has 0 spiro atoms. The molecule has 0 bridgehead atoms. The van der Waals surface area contributed by atoms with Gasteiger partial charge in [0.05, 0.1) is 35.9 Å². The number of nitrogens with one attached hydrogen (secondary N) is 1. The summed E-state index contributed by atoms with van der Waals surface area (Å²) in [5.41, 5.74) is 0.0422. The summed E-state index contributed by atoms with van der Waals surface area (Å²) in [6.45, 7) is 8.57. The van der Waals surface area contributed by atoms with E-state index in [0.717, 1.165) is 25.7 Å². The minimum Gasteiger partial charge on any atom is -0.495 e. The molecule has 1 atom stereocenters. The van der Waals surface area contributed by atoms with Crippen LogP contribution in [-0.4, -0.2) is 75.1 Å². The first kappa shape index (κ1) is 24.0. The van der Waals surface area contributed by atoms with Gasteiger partial charge in [-0.05, 0) is 51.8 Å². The summed E-state index contributed by atoms with van der Waals surface area (Å²) in [4.78, 5) is 15.0. The molecule has 1 aromatic rings. The van der Waals surface area contributed by atoms with Gasteiger partial charge in [0.15, 0.2) is 0 Å². The zero-order valence-corrected chi connectivity index (χ0v) is 19.8. The first-order valence-electron chi connectivity index (χ1n) is 11.0. The summed E-state index contributed by atoms with van der Waals surface area (Å²) in [7, 11) is -2.12. The molecule has 2 saturated heterocycles. The van der Waals surface area contributed by atoms with Crippen molar-refractivity contribution in [1.29, 1.82) is 0 Å². The van der Waals surface area contributed by atoms with E-state index < -0.39 is 10.0 Å². The number of hydrogen-bond donors (Lipinski definition) is 1. The smallest absolute Gasteiger partial charge is 0.243 e. The molecule has 0 saturated carbocycles. The number of rotatable bonds is 6. The van der Waals surface area contributed by atoms with Gasteiger partial charge in [0.2, 0.25) is 15.9 Å². The lowest BCUT2D eigenvalue weighted by Crippen LogP contribution is -2.53. The molecule has 9 heteroatoms. The van der Waals surface area contributed by atoms with Crippen molar-refractivity contribution in [2.24, 2.45) is 0 Å². The Bertz CT molecular complexity index is 879. The van der Waals surface area contributed by atoms with Gasteiger partial charge >= 0.3 is 0 Å². The Morgan fingerprint density at radius 1 is 1.23 bits per heavy atom. The molecule has 1 unspecified atom stereocenters. The molecule has 0 aromatic heterocycles. The summed E-state index contributed by atoms with van der Waals surface area (Å²) in [5.74, 6) is 0.214. The van der Waals surface area contributed by atoms with Gasteiger partial charge < -0.3 is 14.8 Å². The quantitative estimate of drug-likeness (QED) is 0.713. The lowest BCUT2D eigenvalue weighted by atomic mass is 10.1. The minimum absolute atomic E-state index is 0.0354. The van der Waals surface area contributed by atoms with Crippen molar-refractivity contribution in [2.75, 3.05) is 45.2 Å². The molecule has 0 aliphatic carbocycles. The zero-order valence-electron chi connectivity index (χ0n) is 19.0. The van der Waals surface area contributed by atoms with Crippen LogP contribution in [0.15, 0.2) is 23.1 Å². The average molecular weight is 454 g/mol. The minimum atomic E-state index is -3.62. The number of hydrogen-bond acceptors (Lipinski definition) is 6. The van der Waals surface area contributed by atoms with Gasteiger partial charge in [0, 0.05) is 26.2 Å². The Labute approximate surface area is 185 Å². The third-order valence-corrected chi connectivity index (χ3v) is 7.55. The molecule has 1 N–H and O–H groups in total. The Morgan fingerprint density at radius 3 is 2.52 bits per heavy atom. The molecular weight excluding hydrogens is 418 g/mol. The lowest BCUT2D eigenvalue weighted by Gasteiger charge is -2.41. The van der Waals surface area contributed by atoms with Crippen LogP contribution in [0.5, 0.6) is 5.75 Å². The number of amides is 1. The van der Waals surface area contributed by atoms with Gasteiger partial charge in [0.25, 0.3) is 0 Å². The average Bonchev–Trinajstić information content (AvgIpc) is 2.96. The summed E-state index contributed by atoms with van der Waals surface area (Å²) in [6, 6.07) is 4.64. The van der Waals surface area contributed by atoms with Gasteiger partial charge in [0.1, 0.15) is 5.75 Å². The standard InChI is InChI=1S/C22H35N3O5S/c1-17-14-24(16-22(2,3)30-17)15-21(26)23-19-13-18(9-10-20(19)29-4)31(27,28)25-11-7-5-6-8-12-25/h9-10,13,17H,5-8,11-12,14-16H2,1-4H3,(H,23,26). The molecule has 2 fully saturated rings. The van der Waals surface area contributed by atoms with Crippen LogP contribution < -0.4 is 10.1 Å². The van der Waals surface area contributed by atoms with Gasteiger partial charge in [-0.3, -0.25) is 9.69 Å². The Hall–Kier alpha value is -1.68. The van der Waals surface area contributed by atoms with Crippen LogP contribution in [0.2, 0.25) is 0 Å². The van der Waals surface area contributed by atoms with Crippen molar-refractivity contribution in [3.05, 3.63) is 18.2 Å². The van der Waals surface area contributed by atoms with Crippen LogP contribution in [0.3, 0.4) is 0 Å². The molecule has 2 aliphatic rings. The van der Waals surface area contributed by atoms with Crippen molar-refractivity contribution >= 4 is 21.6 Å². The van der Waals surface area contributed by atoms with E-state index in [0.29, 0.717) is 37.6 Å². The third kappa shape index (κ3) is 6.19. The van der Waals surface area contributed by atoms with Crippen molar-refractivity contribution in [3.8, 4) is 5.75 Å². The zero-order chi connectivity index (χ0) is 22.6. The number of anilines is 1. The molecule has 31 heavy (non-hydrogen) atoms. The highest BCUT2D eigenvalue weighted by Gasteiger charge is 2.32. The molecule has 2 aliphatic heterocycles. The van der Waals surface area contributed by atoms with Gasteiger partial charge in [-0.1, -0.05) is 12.8 Å². The van der Waals surface area contributed by atoms with Crippen LogP contribution in [0, 0.1) is 0 Å². The van der Waals surface area contributed by atoms with E-state index in [9.17, 15) is 13.2 Å². The number of methoxy groups -OCH3 is 1. The predicted molar refractivity (Wildman–Crippen MR) is 120 cm³/mol. The Balaban J connectivity index is 1.75. The fourth-order valence-corrected chi connectivity index (χ4v) is 6.02. The van der Waals surface area contributed by atoms with Crippen LogP contribution >= 0.6 is 0 Å². The van der Waals surface area contributed by atoms with Crippen LogP contribution in [0.4, 0.5) is 5.69 Å². The van der Waals surface area contributed by atoms with Crippen molar-refractivity contribution in [2.45, 2.75) is 63.1 Å². The van der Waals surface area contributed by atoms with E-state index in [1.165, 1.54) is 13.2 Å². The highest BCUT2D eigenvalue weighted by molar-refractivity contribution is 7.89. The number of morpholine rings is 1. The topological polar surface area (TPSA) is 88.2 Å². The number of carbonyl (C=O) groups is 1. The molecule has 1 amide bonds. The predicted octanol–water partition coefficient (Wildman–Crippen LogP) is 2.70. The van der Waals surface area contributed by atoms with E-state index >= 15 is 0 Å². The number of benzene rings is 1. The first-order valence-corrected chi connectivity index (χ1v) is 12.4. The van der Waals surface area contributed by atoms with Crippen molar-refractivity contribution in [3.63, 3.8) is 0 Å². The molecule has 8 nitrogen and oxygen atoms in total. The molecule has 1 aromatic carbocycles. The van der Waals surface area contributed by atoms with Crippen LogP contribution in [0.25, 0.3) is 0 Å². The van der Waals surface area contributed by atoms with Crippen molar-refractivity contribution < 1.29 is 22.7 Å². The maximum atomic E-state index is 13.2. The first-order chi connectivity index (χ1) is 14.6. The number of ether oxygens (including phenoxy) is 2. The van der Waals surface area contributed by atoms with E-state index in [1.807, 2.05) is 25.7 Å². The fourth-order valence-electron chi connectivity index (χ4n) is 4.48. The van der Waals surface area contributed by atoms with Crippen molar-refractivity contribution in [1.82, 2.24) is 9.21 Å². The van der Waals surface area contributed by atoms with Crippen LogP contribution in [-0.2, 0) is 19.6 Å². The summed E-state index contributed by atoms with van der Waals surface area (Å²) in [5, 5.41) is 2.85. The Morgan fingerprint density at radius 2 is 1.90 bits per heavy atom. The van der Waals surface area contributed by atoms with E-state index in [1.54, 1.807) is 16.4 Å². The molecule has 174 valence electrons. The lowest BCUT2D eigenvalue weighted by molar-refractivity contribution is -0.136. The maximum absolute atomic E-state index is 13.2. The normalized spacial score (nSPS) is 23.2. The number of carbonyl (C=O) groups excluding carboxylic acids is 1. The fraction of sp³-hybridized carbons (Fsp3) is 0.682. The highest BCUT2D eigenvalue weighted by atomic mass is 32.2. The summed E-state index contributed by atoms with van der Waals surface area (Å²) < 4.78 is 39.1. The number of nitrogens with zero attached hydrogens (tertiary/aromatic N) is 2. The molecule has 0 radical (unpaired) electrons. The van der Waals surface area contributed by atoms with E-state index in [-0.39, 0.29) is 29.1 Å². The maximum Gasteiger partial charge on any atom is 0.243 e. The molecule has 3 rings (SSSR count). The Kier molecular flexibility index (Phi) is 7.62. The SMILES string of the molecule is COc1ccc(S(=O)(=O)N2CCCCCC2)cc1NC(=O)CN1CC(C)OC(C)(C)C1. The van der Waals surface area contributed by atoms with Gasteiger partial charge in [-0.2, -0.15) is 4.31 Å². The second-order valence-corrected chi connectivity index (χ2v) is 11.0. The van der Waals surface area contributed by atoms with Crippen LogP contribution in [0.1, 0.15) is 46.5 Å². The monoisotopic (exact) mass is 453 g/mol. The largest absolute Gasteiger partial charge is 0.495 e. The van der Waals surface area contributed by atoms with Gasteiger partial charge in [-0.25, -0.2) is 8.42 Å². The van der Waals surface area contributed by atoms with E-state index in [4.69, 9.17) is 9.47 Å². The summed E-state index contributed by atoms with van der Waals surface area (Å²) in [6.07, 6.45) is 3.87. The number of sulfonamides is 1. The highest BCUT2D eigenvalue weighted by Crippen LogP contribution is 2.30. The van der Waals surface area contributed by atoms with Gasteiger partial charge in [-0.15, -0.1) is 0 Å². The molecular formula is C22H35N3O5S. The summed E-state index contributed by atoms with van der Waals surface area (Å²) >= 11 is 0. The second-order valence-electron chi connectivity index (χ2n) is 9.09. The van der Waals surface area contributed by atoms with E-state index in [2.05, 4.69) is 5.32 Å². The molecule has 2 heterocycles.